The molecule has 4 rings (SSSR count). The number of rotatable bonds is 8. The van der Waals surface area contributed by atoms with Crippen LogP contribution >= 0.6 is 23.2 Å². The zero-order valence-electron chi connectivity index (χ0n) is 18.8. The second-order valence-electron chi connectivity index (χ2n) is 8.30. The van der Waals surface area contributed by atoms with Gasteiger partial charge in [-0.2, -0.15) is 0 Å². The van der Waals surface area contributed by atoms with E-state index in [1.807, 2.05) is 12.1 Å². The minimum Gasteiger partial charge on any atom is -0.506 e. The van der Waals surface area contributed by atoms with Crippen LogP contribution in [0.4, 0.5) is 0 Å². The van der Waals surface area contributed by atoms with Crippen LogP contribution in [0, 0.1) is 0 Å². The molecule has 2 aromatic carbocycles. The van der Waals surface area contributed by atoms with Gasteiger partial charge in [0.2, 0.25) is 5.43 Å². The smallest absolute Gasteiger partial charge is 0.251 e. The first-order valence-electron chi connectivity index (χ1n) is 11.4. The molecule has 0 spiro atoms. The summed E-state index contributed by atoms with van der Waals surface area (Å²) in [6.07, 6.45) is 5.67. The van der Waals surface area contributed by atoms with Crippen LogP contribution in [-0.4, -0.2) is 17.6 Å². The van der Waals surface area contributed by atoms with E-state index in [-0.39, 0.29) is 27.1 Å². The Hall–Kier alpha value is -3.02. The van der Waals surface area contributed by atoms with Gasteiger partial charge in [0.05, 0.1) is 10.0 Å². The highest BCUT2D eigenvalue weighted by Gasteiger charge is 2.20. The normalized spacial score (nSPS) is 11.3. The van der Waals surface area contributed by atoms with Gasteiger partial charge in [0.1, 0.15) is 17.1 Å². The molecule has 2 aliphatic rings. The molecule has 34 heavy (non-hydrogen) atoms. The third-order valence-electron chi connectivity index (χ3n) is 5.84. The van der Waals surface area contributed by atoms with Crippen molar-refractivity contribution in [1.82, 2.24) is 5.32 Å². The number of amides is 1. The fourth-order valence-electron chi connectivity index (χ4n) is 4.03. The number of benzene rings is 3. The van der Waals surface area contributed by atoms with E-state index in [0.29, 0.717) is 34.4 Å². The molecule has 7 heteroatoms. The van der Waals surface area contributed by atoms with Crippen LogP contribution in [0.5, 0.6) is 5.75 Å². The quantitative estimate of drug-likeness (QED) is 0.198. The average Bonchev–Trinajstić information content (AvgIpc) is 2.82. The Labute approximate surface area is 207 Å². The van der Waals surface area contributed by atoms with Crippen LogP contribution in [0.1, 0.15) is 49.4 Å². The van der Waals surface area contributed by atoms with E-state index in [4.69, 9.17) is 27.6 Å². The Kier molecular flexibility index (Phi) is 7.44. The molecule has 0 radical (unpaired) electrons. The zero-order chi connectivity index (χ0) is 24.2. The van der Waals surface area contributed by atoms with Gasteiger partial charge in [-0.1, -0.05) is 67.9 Å². The monoisotopic (exact) mass is 497 g/mol. The summed E-state index contributed by atoms with van der Waals surface area (Å²) in [5.74, 6) is 0.0941. The number of phenols is 1. The van der Waals surface area contributed by atoms with E-state index in [1.54, 1.807) is 24.3 Å². The number of fused-ring (bicyclic) bond motifs is 2. The summed E-state index contributed by atoms with van der Waals surface area (Å²) in [6.45, 7) is 2.83. The van der Waals surface area contributed by atoms with Crippen molar-refractivity contribution in [1.29, 1.82) is 0 Å². The second-order valence-corrected chi connectivity index (χ2v) is 9.12. The van der Waals surface area contributed by atoms with Crippen molar-refractivity contribution in [2.45, 2.75) is 39.0 Å². The number of phenolic OH excluding ortho intramolecular Hbond substituents is 1. The molecule has 1 amide bonds. The van der Waals surface area contributed by atoms with E-state index in [0.717, 1.165) is 24.0 Å². The van der Waals surface area contributed by atoms with Crippen molar-refractivity contribution in [3.63, 3.8) is 0 Å². The Morgan fingerprint density at radius 2 is 1.71 bits per heavy atom. The van der Waals surface area contributed by atoms with Gasteiger partial charge in [-0.3, -0.25) is 9.59 Å². The van der Waals surface area contributed by atoms with Crippen LogP contribution in [-0.2, 0) is 0 Å². The van der Waals surface area contributed by atoms with Crippen molar-refractivity contribution in [3.8, 4) is 28.2 Å². The Morgan fingerprint density at radius 1 is 0.971 bits per heavy atom. The fourth-order valence-corrected chi connectivity index (χ4v) is 4.36. The van der Waals surface area contributed by atoms with Crippen molar-refractivity contribution in [3.05, 3.63) is 74.4 Å². The molecule has 1 heterocycles. The van der Waals surface area contributed by atoms with E-state index in [2.05, 4.69) is 12.2 Å². The summed E-state index contributed by atoms with van der Waals surface area (Å²) in [7, 11) is 0. The lowest BCUT2D eigenvalue weighted by Crippen LogP contribution is -2.24. The summed E-state index contributed by atoms with van der Waals surface area (Å²) >= 11 is 12.3. The Bertz CT molecular complexity index is 1360. The van der Waals surface area contributed by atoms with Gasteiger partial charge in [0.25, 0.3) is 5.91 Å². The molecular weight excluding hydrogens is 473 g/mol. The standard InChI is InChI=1S/C27H25Cl2NO4/c1-2-3-4-5-6-11-30-27(33)17-9-7-16(8-10-17)26-18-12-20(28)22(31)14-24(18)34-25-15-23(32)21(29)13-19(25)26/h7-10,12-15,31H,2-6,11H2,1H3,(H,30,33). The molecule has 0 atom stereocenters. The minimum absolute atomic E-state index is 0.0723. The number of hydrogen-bond acceptors (Lipinski definition) is 4. The summed E-state index contributed by atoms with van der Waals surface area (Å²) < 4.78 is 5.88. The van der Waals surface area contributed by atoms with Gasteiger partial charge in [-0.15, -0.1) is 0 Å². The van der Waals surface area contributed by atoms with Crippen LogP contribution in [0.25, 0.3) is 33.4 Å². The number of aromatic hydroxyl groups is 1. The SMILES string of the molecule is CCCCCCCNC(=O)c1ccc(-c2c3cc(Cl)c(=O)cc-3oc3cc(O)c(Cl)cc23)cc1. The maximum absolute atomic E-state index is 12.5. The first-order valence-corrected chi connectivity index (χ1v) is 12.1. The van der Waals surface area contributed by atoms with Crippen LogP contribution < -0.4 is 10.7 Å². The first-order chi connectivity index (χ1) is 16.4. The minimum atomic E-state index is -0.358. The molecule has 176 valence electrons. The molecule has 0 unspecified atom stereocenters. The predicted molar refractivity (Wildman–Crippen MR) is 137 cm³/mol. The molecule has 1 aliphatic heterocycles. The molecule has 1 aliphatic carbocycles. The average molecular weight is 498 g/mol. The van der Waals surface area contributed by atoms with Gasteiger partial charge in [-0.25, -0.2) is 0 Å². The molecular formula is C27H25Cl2NO4. The molecule has 5 nitrogen and oxygen atoms in total. The maximum atomic E-state index is 12.5. The lowest BCUT2D eigenvalue weighted by molar-refractivity contribution is 0.0953. The number of carbonyl (C=O) groups is 1. The van der Waals surface area contributed by atoms with Gasteiger partial charge in [0.15, 0.2) is 0 Å². The Morgan fingerprint density at radius 3 is 2.44 bits per heavy atom. The largest absolute Gasteiger partial charge is 0.506 e. The Balaban J connectivity index is 1.68. The third-order valence-corrected chi connectivity index (χ3v) is 6.44. The lowest BCUT2D eigenvalue weighted by atomic mass is 9.93. The predicted octanol–water partition coefficient (Wildman–Crippen LogP) is 7.28. The highest BCUT2D eigenvalue weighted by Crippen LogP contribution is 2.43. The zero-order valence-corrected chi connectivity index (χ0v) is 20.3. The topological polar surface area (TPSA) is 79.5 Å². The molecule has 0 saturated carbocycles. The van der Waals surface area contributed by atoms with E-state index < -0.39 is 0 Å². The van der Waals surface area contributed by atoms with Crippen LogP contribution in [0.15, 0.2) is 57.7 Å². The van der Waals surface area contributed by atoms with Crippen LogP contribution in [0.2, 0.25) is 10.0 Å². The van der Waals surface area contributed by atoms with Gasteiger partial charge in [-0.05, 0) is 36.2 Å². The van der Waals surface area contributed by atoms with E-state index >= 15 is 0 Å². The molecule has 0 fully saturated rings. The molecule has 2 N–H and O–H groups in total. The summed E-state index contributed by atoms with van der Waals surface area (Å²) in [4.78, 5) is 24.7. The van der Waals surface area contributed by atoms with Crippen molar-refractivity contribution in [2.75, 3.05) is 6.54 Å². The number of nitrogens with one attached hydrogen (secondary N) is 1. The van der Waals surface area contributed by atoms with E-state index in [1.165, 1.54) is 31.4 Å². The highest BCUT2D eigenvalue weighted by molar-refractivity contribution is 6.33. The fraction of sp³-hybridized carbons (Fsp3) is 0.259. The summed E-state index contributed by atoms with van der Waals surface area (Å²) in [5, 5.41) is 13.9. The molecule has 0 saturated heterocycles. The summed E-state index contributed by atoms with van der Waals surface area (Å²) in [6, 6.07) is 13.1. The lowest BCUT2D eigenvalue weighted by Gasteiger charge is -2.16. The van der Waals surface area contributed by atoms with Crippen molar-refractivity contribution < 1.29 is 14.3 Å². The molecule has 0 bridgehead atoms. The maximum Gasteiger partial charge on any atom is 0.251 e. The molecule has 0 aromatic heterocycles. The van der Waals surface area contributed by atoms with Crippen molar-refractivity contribution >= 4 is 40.1 Å². The highest BCUT2D eigenvalue weighted by atomic mass is 35.5. The summed E-state index contributed by atoms with van der Waals surface area (Å²) in [5.41, 5.74) is 2.73. The van der Waals surface area contributed by atoms with Crippen molar-refractivity contribution in [2.24, 2.45) is 0 Å². The number of halogens is 2. The molecule has 2 aromatic rings. The number of carbonyl (C=O) groups excluding carboxylic acids is 1. The first kappa shape index (κ1) is 24.1. The number of hydrogen-bond donors (Lipinski definition) is 2. The third kappa shape index (κ3) is 5.06. The number of unbranched alkanes of at least 4 members (excludes halogenated alkanes) is 4. The van der Waals surface area contributed by atoms with E-state index in [9.17, 15) is 14.7 Å². The van der Waals surface area contributed by atoms with Crippen LogP contribution in [0.3, 0.4) is 0 Å². The van der Waals surface area contributed by atoms with Gasteiger partial charge < -0.3 is 14.8 Å². The van der Waals surface area contributed by atoms with Gasteiger partial charge >= 0.3 is 0 Å². The van der Waals surface area contributed by atoms with Gasteiger partial charge in [0, 0.05) is 40.8 Å². The second kappa shape index (κ2) is 10.5.